The van der Waals surface area contributed by atoms with E-state index in [1.54, 1.807) is 11.3 Å². The summed E-state index contributed by atoms with van der Waals surface area (Å²) in [7, 11) is 1.98. The number of aromatic nitrogens is 2. The van der Waals surface area contributed by atoms with Gasteiger partial charge in [0.2, 0.25) is 0 Å². The van der Waals surface area contributed by atoms with Crippen LogP contribution in [0, 0.1) is 13.8 Å². The number of nitrogens with one attached hydrogen (secondary N) is 1. The van der Waals surface area contributed by atoms with Crippen molar-refractivity contribution in [2.45, 2.75) is 26.9 Å². The highest BCUT2D eigenvalue weighted by Gasteiger charge is 2.08. The number of aryl methyl sites for hydroxylation is 2. The number of hydrogen-bond donors (Lipinski definition) is 1. The lowest BCUT2D eigenvalue weighted by Gasteiger charge is -2.03. The molecule has 0 saturated carbocycles. The van der Waals surface area contributed by atoms with E-state index in [1.165, 1.54) is 16.1 Å². The topological polar surface area (TPSA) is 29.9 Å². The molecule has 2 rings (SSSR count). The average Bonchev–Trinajstić information content (AvgIpc) is 2.78. The zero-order valence-electron chi connectivity index (χ0n) is 10.2. The van der Waals surface area contributed by atoms with Crippen LogP contribution in [0.25, 0.3) is 0 Å². The normalized spacial score (nSPS) is 11.1. The van der Waals surface area contributed by atoms with E-state index in [4.69, 9.17) is 11.6 Å². The lowest BCUT2D eigenvalue weighted by Crippen LogP contribution is -2.13. The molecule has 0 bridgehead atoms. The second-order valence-corrected chi connectivity index (χ2v) is 5.54. The van der Waals surface area contributed by atoms with Crippen LogP contribution in [-0.4, -0.2) is 9.78 Å². The Labute approximate surface area is 110 Å². The third-order valence-corrected chi connectivity index (χ3v) is 4.17. The van der Waals surface area contributed by atoms with Crippen molar-refractivity contribution in [2.24, 2.45) is 7.05 Å². The van der Waals surface area contributed by atoms with Crippen LogP contribution in [0.15, 0.2) is 11.4 Å². The molecule has 0 unspecified atom stereocenters. The third kappa shape index (κ3) is 2.89. The molecule has 2 aromatic heterocycles. The van der Waals surface area contributed by atoms with Gasteiger partial charge in [-0.25, -0.2) is 0 Å². The highest BCUT2D eigenvalue weighted by Crippen LogP contribution is 2.19. The maximum Gasteiger partial charge on any atom is 0.0641 e. The fourth-order valence-corrected chi connectivity index (χ4v) is 2.87. The Bertz CT molecular complexity index is 516. The van der Waals surface area contributed by atoms with Crippen molar-refractivity contribution in [1.82, 2.24) is 15.1 Å². The minimum absolute atomic E-state index is 0.820. The standard InChI is InChI=1S/C12H16ClN3S/c1-8-12(9(2)16(3)15-8)6-14-5-11-4-10(13)7-17-11/h4,7,14H,5-6H2,1-3H3. The molecule has 0 aliphatic rings. The minimum atomic E-state index is 0.820. The summed E-state index contributed by atoms with van der Waals surface area (Å²) in [5, 5.41) is 10.6. The van der Waals surface area contributed by atoms with Crippen molar-refractivity contribution in [1.29, 1.82) is 0 Å². The summed E-state index contributed by atoms with van der Waals surface area (Å²) in [6.07, 6.45) is 0. The van der Waals surface area contributed by atoms with Crippen LogP contribution >= 0.6 is 22.9 Å². The Morgan fingerprint density at radius 2 is 2.18 bits per heavy atom. The quantitative estimate of drug-likeness (QED) is 0.925. The van der Waals surface area contributed by atoms with Gasteiger partial charge in [0, 0.05) is 41.7 Å². The van der Waals surface area contributed by atoms with E-state index in [9.17, 15) is 0 Å². The zero-order chi connectivity index (χ0) is 12.4. The smallest absolute Gasteiger partial charge is 0.0641 e. The molecule has 0 aliphatic carbocycles. The molecule has 0 amide bonds. The van der Waals surface area contributed by atoms with Gasteiger partial charge in [0.1, 0.15) is 0 Å². The van der Waals surface area contributed by atoms with E-state index in [0.717, 1.165) is 23.8 Å². The van der Waals surface area contributed by atoms with Crippen LogP contribution in [0.3, 0.4) is 0 Å². The van der Waals surface area contributed by atoms with Gasteiger partial charge in [-0.05, 0) is 19.9 Å². The molecule has 1 N–H and O–H groups in total. The fourth-order valence-electron chi connectivity index (χ4n) is 1.83. The molecule has 0 radical (unpaired) electrons. The van der Waals surface area contributed by atoms with Crippen molar-refractivity contribution in [3.63, 3.8) is 0 Å². The predicted octanol–water partition coefficient (Wildman–Crippen LogP) is 3.04. The highest BCUT2D eigenvalue weighted by molar-refractivity contribution is 7.10. The van der Waals surface area contributed by atoms with E-state index in [-0.39, 0.29) is 0 Å². The summed E-state index contributed by atoms with van der Waals surface area (Å²) in [4.78, 5) is 1.26. The monoisotopic (exact) mass is 269 g/mol. The van der Waals surface area contributed by atoms with Gasteiger partial charge < -0.3 is 5.32 Å². The second kappa shape index (κ2) is 5.21. The second-order valence-electron chi connectivity index (χ2n) is 4.11. The van der Waals surface area contributed by atoms with E-state index >= 15 is 0 Å². The Morgan fingerprint density at radius 1 is 1.41 bits per heavy atom. The van der Waals surface area contributed by atoms with E-state index in [0.29, 0.717) is 0 Å². The summed E-state index contributed by atoms with van der Waals surface area (Å²) in [6, 6.07) is 2.00. The molecule has 17 heavy (non-hydrogen) atoms. The van der Waals surface area contributed by atoms with E-state index in [2.05, 4.69) is 17.3 Å². The number of nitrogens with zero attached hydrogens (tertiary/aromatic N) is 2. The number of halogens is 1. The van der Waals surface area contributed by atoms with Crippen molar-refractivity contribution < 1.29 is 0 Å². The van der Waals surface area contributed by atoms with Crippen LogP contribution in [-0.2, 0) is 20.1 Å². The third-order valence-electron chi connectivity index (χ3n) is 2.88. The summed E-state index contributed by atoms with van der Waals surface area (Å²) >= 11 is 7.56. The first-order valence-electron chi connectivity index (χ1n) is 5.50. The summed E-state index contributed by atoms with van der Waals surface area (Å²) in [5.41, 5.74) is 3.61. The first-order chi connectivity index (χ1) is 8.08. The van der Waals surface area contributed by atoms with Crippen molar-refractivity contribution >= 4 is 22.9 Å². The van der Waals surface area contributed by atoms with E-state index in [1.807, 2.05) is 30.1 Å². The molecule has 0 fully saturated rings. The molecule has 0 aliphatic heterocycles. The van der Waals surface area contributed by atoms with Gasteiger partial charge in [-0.2, -0.15) is 5.10 Å². The van der Waals surface area contributed by atoms with Gasteiger partial charge in [-0.3, -0.25) is 4.68 Å². The number of thiophene rings is 1. The van der Waals surface area contributed by atoms with Crippen molar-refractivity contribution in [3.8, 4) is 0 Å². The van der Waals surface area contributed by atoms with Crippen LogP contribution in [0.2, 0.25) is 5.02 Å². The summed E-state index contributed by atoms with van der Waals surface area (Å²) in [6.45, 7) is 5.84. The first kappa shape index (κ1) is 12.6. The Balaban J connectivity index is 1.94. The molecule has 2 heterocycles. The van der Waals surface area contributed by atoms with Crippen LogP contribution in [0.5, 0.6) is 0 Å². The van der Waals surface area contributed by atoms with Crippen molar-refractivity contribution in [3.05, 3.63) is 38.3 Å². The molecule has 0 aromatic carbocycles. The first-order valence-corrected chi connectivity index (χ1v) is 6.76. The zero-order valence-corrected chi connectivity index (χ0v) is 11.8. The molecule has 2 aromatic rings. The molecule has 3 nitrogen and oxygen atoms in total. The van der Waals surface area contributed by atoms with Crippen LogP contribution < -0.4 is 5.32 Å². The van der Waals surface area contributed by atoms with Crippen LogP contribution in [0.1, 0.15) is 21.8 Å². The van der Waals surface area contributed by atoms with E-state index < -0.39 is 0 Å². The fraction of sp³-hybridized carbons (Fsp3) is 0.417. The van der Waals surface area contributed by atoms with Gasteiger partial charge in [0.05, 0.1) is 10.7 Å². The Hall–Kier alpha value is -0.840. The average molecular weight is 270 g/mol. The van der Waals surface area contributed by atoms with Crippen LogP contribution in [0.4, 0.5) is 0 Å². The Kier molecular flexibility index (Phi) is 3.86. The lowest BCUT2D eigenvalue weighted by molar-refractivity contribution is 0.690. The molecule has 0 atom stereocenters. The number of rotatable bonds is 4. The molecular formula is C12H16ClN3S. The molecular weight excluding hydrogens is 254 g/mol. The summed E-state index contributed by atoms with van der Waals surface area (Å²) in [5.74, 6) is 0. The van der Waals surface area contributed by atoms with Gasteiger partial charge in [0.25, 0.3) is 0 Å². The van der Waals surface area contributed by atoms with Gasteiger partial charge in [0.15, 0.2) is 0 Å². The van der Waals surface area contributed by atoms with Crippen molar-refractivity contribution in [2.75, 3.05) is 0 Å². The summed E-state index contributed by atoms with van der Waals surface area (Å²) < 4.78 is 1.92. The van der Waals surface area contributed by atoms with Gasteiger partial charge in [-0.1, -0.05) is 11.6 Å². The Morgan fingerprint density at radius 3 is 2.71 bits per heavy atom. The SMILES string of the molecule is Cc1nn(C)c(C)c1CNCc1cc(Cl)cs1. The molecule has 92 valence electrons. The predicted molar refractivity (Wildman–Crippen MR) is 72.6 cm³/mol. The van der Waals surface area contributed by atoms with Gasteiger partial charge >= 0.3 is 0 Å². The lowest BCUT2D eigenvalue weighted by atomic mass is 10.2. The highest BCUT2D eigenvalue weighted by atomic mass is 35.5. The molecule has 0 saturated heterocycles. The molecule has 0 spiro atoms. The minimum Gasteiger partial charge on any atom is -0.308 e. The maximum absolute atomic E-state index is 5.88. The number of hydrogen-bond acceptors (Lipinski definition) is 3. The largest absolute Gasteiger partial charge is 0.308 e. The molecule has 5 heteroatoms. The maximum atomic E-state index is 5.88. The van der Waals surface area contributed by atoms with Gasteiger partial charge in [-0.15, -0.1) is 11.3 Å².